The molecule has 0 spiro atoms. The summed E-state index contributed by atoms with van der Waals surface area (Å²) in [5.74, 6) is 0.640. The Morgan fingerprint density at radius 2 is 1.94 bits per heavy atom. The summed E-state index contributed by atoms with van der Waals surface area (Å²) in [6.07, 6.45) is 7.34. The molecular weight excluding hydrogens is 274 g/mol. The van der Waals surface area contributed by atoms with Crippen LogP contribution in [-0.2, 0) is 0 Å². The van der Waals surface area contributed by atoms with Crippen LogP contribution >= 0.6 is 15.9 Å². The summed E-state index contributed by atoms with van der Waals surface area (Å²) < 4.78 is 0. The van der Waals surface area contributed by atoms with E-state index in [0.29, 0.717) is 10.7 Å². The second-order valence-corrected chi connectivity index (χ2v) is 6.04. The number of alkyl halides is 1. The van der Waals surface area contributed by atoms with Crippen LogP contribution in [0.15, 0.2) is 36.5 Å². The van der Waals surface area contributed by atoms with E-state index < -0.39 is 0 Å². The maximum Gasteiger partial charge on any atom is 0.0702 e. The zero-order chi connectivity index (χ0) is 11.7. The summed E-state index contributed by atoms with van der Waals surface area (Å²) in [5, 5.41) is 1.26. The quantitative estimate of drug-likeness (QED) is 0.696. The molecule has 1 aliphatic carbocycles. The zero-order valence-corrected chi connectivity index (χ0v) is 11.4. The molecule has 1 fully saturated rings. The van der Waals surface area contributed by atoms with E-state index in [1.807, 2.05) is 6.07 Å². The number of aromatic nitrogens is 1. The normalized spacial score (nSPS) is 25.0. The van der Waals surface area contributed by atoms with E-state index in [0.717, 1.165) is 5.52 Å². The summed E-state index contributed by atoms with van der Waals surface area (Å²) in [7, 11) is 0. The molecular formula is C15H16BrN. The Morgan fingerprint density at radius 3 is 2.82 bits per heavy atom. The molecule has 0 N–H and O–H groups in total. The van der Waals surface area contributed by atoms with Crippen LogP contribution < -0.4 is 0 Å². The fourth-order valence-electron chi connectivity index (χ4n) is 2.75. The lowest BCUT2D eigenvalue weighted by molar-refractivity contribution is 0.460. The van der Waals surface area contributed by atoms with E-state index in [4.69, 9.17) is 0 Å². The van der Waals surface area contributed by atoms with Crippen molar-refractivity contribution in [1.82, 2.24) is 4.98 Å². The highest BCUT2D eigenvalue weighted by Gasteiger charge is 2.24. The first-order valence-corrected chi connectivity index (χ1v) is 7.25. The number of para-hydroxylation sites is 1. The SMILES string of the molecule is BrC1CCCCC1c1cnc2ccccc2c1. The van der Waals surface area contributed by atoms with E-state index in [1.54, 1.807) is 0 Å². The van der Waals surface area contributed by atoms with Gasteiger partial charge in [0.15, 0.2) is 0 Å². The molecule has 1 heterocycles. The summed E-state index contributed by atoms with van der Waals surface area (Å²) in [6.45, 7) is 0. The van der Waals surface area contributed by atoms with Gasteiger partial charge in [0.2, 0.25) is 0 Å². The number of fused-ring (bicyclic) bond motifs is 1. The van der Waals surface area contributed by atoms with Crippen molar-refractivity contribution in [3.05, 3.63) is 42.1 Å². The van der Waals surface area contributed by atoms with Crippen molar-refractivity contribution >= 4 is 26.8 Å². The molecule has 1 aliphatic rings. The average Bonchev–Trinajstić information content (AvgIpc) is 2.39. The molecule has 0 aliphatic heterocycles. The van der Waals surface area contributed by atoms with Crippen molar-refractivity contribution in [2.24, 2.45) is 0 Å². The van der Waals surface area contributed by atoms with Gasteiger partial charge in [0.1, 0.15) is 0 Å². The average molecular weight is 290 g/mol. The molecule has 0 amide bonds. The Bertz CT molecular complexity index is 523. The molecule has 1 saturated carbocycles. The third kappa shape index (κ3) is 2.23. The predicted octanol–water partition coefficient (Wildman–Crippen LogP) is 4.66. The van der Waals surface area contributed by atoms with Gasteiger partial charge in [-0.2, -0.15) is 0 Å². The van der Waals surface area contributed by atoms with E-state index in [2.05, 4.69) is 51.4 Å². The van der Waals surface area contributed by atoms with E-state index in [1.165, 1.54) is 36.6 Å². The van der Waals surface area contributed by atoms with Gasteiger partial charge in [-0.15, -0.1) is 0 Å². The standard InChI is InChI=1S/C15H16BrN/c16-14-7-3-2-6-13(14)12-9-11-5-1-4-8-15(11)17-10-12/h1,4-5,8-10,13-14H,2-3,6-7H2. The summed E-state index contributed by atoms with van der Waals surface area (Å²) in [4.78, 5) is 5.19. The molecule has 17 heavy (non-hydrogen) atoms. The topological polar surface area (TPSA) is 12.9 Å². The summed E-state index contributed by atoms with van der Waals surface area (Å²) in [5.41, 5.74) is 2.49. The lowest BCUT2D eigenvalue weighted by atomic mass is 9.84. The highest BCUT2D eigenvalue weighted by atomic mass is 79.9. The Morgan fingerprint density at radius 1 is 1.12 bits per heavy atom. The van der Waals surface area contributed by atoms with Crippen molar-refractivity contribution in [2.75, 3.05) is 0 Å². The largest absolute Gasteiger partial charge is 0.256 e. The van der Waals surface area contributed by atoms with Gasteiger partial charge in [0, 0.05) is 16.4 Å². The van der Waals surface area contributed by atoms with Crippen LogP contribution in [0.2, 0.25) is 0 Å². The van der Waals surface area contributed by atoms with Crippen molar-refractivity contribution in [3.63, 3.8) is 0 Å². The third-order valence-corrected chi connectivity index (χ3v) is 4.82. The second kappa shape index (κ2) is 4.77. The molecule has 0 bridgehead atoms. The zero-order valence-electron chi connectivity index (χ0n) is 9.77. The number of pyridine rings is 1. The molecule has 1 aromatic heterocycles. The Balaban J connectivity index is 1.99. The lowest BCUT2D eigenvalue weighted by Gasteiger charge is -2.27. The number of halogens is 1. The van der Waals surface area contributed by atoms with Crippen LogP contribution in [0.1, 0.15) is 37.2 Å². The Kier molecular flexibility index (Phi) is 3.15. The van der Waals surface area contributed by atoms with Gasteiger partial charge in [-0.25, -0.2) is 0 Å². The molecule has 3 rings (SSSR count). The van der Waals surface area contributed by atoms with Crippen molar-refractivity contribution in [3.8, 4) is 0 Å². The fourth-order valence-corrected chi connectivity index (χ4v) is 3.65. The molecule has 2 atom stereocenters. The third-order valence-electron chi connectivity index (χ3n) is 3.72. The predicted molar refractivity (Wildman–Crippen MR) is 75.7 cm³/mol. The van der Waals surface area contributed by atoms with Crippen LogP contribution in [-0.4, -0.2) is 9.81 Å². The lowest BCUT2D eigenvalue weighted by Crippen LogP contribution is -2.17. The smallest absolute Gasteiger partial charge is 0.0702 e. The number of hydrogen-bond donors (Lipinski definition) is 0. The van der Waals surface area contributed by atoms with E-state index >= 15 is 0 Å². The van der Waals surface area contributed by atoms with Gasteiger partial charge in [0.05, 0.1) is 5.52 Å². The maximum absolute atomic E-state index is 4.57. The van der Waals surface area contributed by atoms with Crippen LogP contribution in [0, 0.1) is 0 Å². The van der Waals surface area contributed by atoms with Gasteiger partial charge in [0.25, 0.3) is 0 Å². The minimum absolute atomic E-state index is 0.624. The van der Waals surface area contributed by atoms with E-state index in [-0.39, 0.29) is 0 Å². The van der Waals surface area contributed by atoms with Gasteiger partial charge >= 0.3 is 0 Å². The first kappa shape index (κ1) is 11.2. The highest BCUT2D eigenvalue weighted by molar-refractivity contribution is 9.09. The maximum atomic E-state index is 4.57. The number of nitrogens with zero attached hydrogens (tertiary/aromatic N) is 1. The minimum atomic E-state index is 0.624. The van der Waals surface area contributed by atoms with Crippen molar-refractivity contribution in [2.45, 2.75) is 36.4 Å². The molecule has 2 unspecified atom stereocenters. The fraction of sp³-hybridized carbons (Fsp3) is 0.400. The molecule has 2 aromatic rings. The molecule has 88 valence electrons. The number of rotatable bonds is 1. The number of hydrogen-bond acceptors (Lipinski definition) is 1. The van der Waals surface area contributed by atoms with Crippen molar-refractivity contribution < 1.29 is 0 Å². The van der Waals surface area contributed by atoms with E-state index in [9.17, 15) is 0 Å². The molecule has 0 saturated heterocycles. The van der Waals surface area contributed by atoms with Crippen molar-refractivity contribution in [1.29, 1.82) is 0 Å². The van der Waals surface area contributed by atoms with Crippen LogP contribution in [0.5, 0.6) is 0 Å². The highest BCUT2D eigenvalue weighted by Crippen LogP contribution is 2.37. The van der Waals surface area contributed by atoms with Gasteiger partial charge in [-0.05, 0) is 36.5 Å². The summed E-state index contributed by atoms with van der Waals surface area (Å²) in [6, 6.07) is 10.7. The van der Waals surface area contributed by atoms with Crippen LogP contribution in [0.3, 0.4) is 0 Å². The summed E-state index contributed by atoms with van der Waals surface area (Å²) >= 11 is 3.83. The molecule has 0 radical (unpaired) electrons. The Labute approximate surface area is 110 Å². The van der Waals surface area contributed by atoms with Crippen LogP contribution in [0.4, 0.5) is 0 Å². The monoisotopic (exact) mass is 289 g/mol. The first-order valence-electron chi connectivity index (χ1n) is 6.33. The second-order valence-electron chi connectivity index (χ2n) is 4.87. The molecule has 1 nitrogen and oxygen atoms in total. The van der Waals surface area contributed by atoms with Gasteiger partial charge in [-0.1, -0.05) is 47.0 Å². The Hall–Kier alpha value is -0.890. The number of benzene rings is 1. The first-order chi connectivity index (χ1) is 8.34. The van der Waals surface area contributed by atoms with Crippen LogP contribution in [0.25, 0.3) is 10.9 Å². The molecule has 2 heteroatoms. The minimum Gasteiger partial charge on any atom is -0.256 e. The van der Waals surface area contributed by atoms with Gasteiger partial charge < -0.3 is 0 Å². The van der Waals surface area contributed by atoms with Gasteiger partial charge in [-0.3, -0.25) is 4.98 Å². The molecule has 1 aromatic carbocycles.